The summed E-state index contributed by atoms with van der Waals surface area (Å²) in [7, 11) is 1.72. The molecule has 0 fully saturated rings. The van der Waals surface area contributed by atoms with Crippen molar-refractivity contribution in [1.82, 2.24) is 9.88 Å². The van der Waals surface area contributed by atoms with E-state index >= 15 is 0 Å². The summed E-state index contributed by atoms with van der Waals surface area (Å²) in [5.74, 6) is 0. The van der Waals surface area contributed by atoms with Crippen molar-refractivity contribution < 1.29 is 4.74 Å². The molecule has 0 saturated heterocycles. The van der Waals surface area contributed by atoms with Crippen molar-refractivity contribution >= 4 is 5.69 Å². The maximum Gasteiger partial charge on any atom is 0.0589 e. The topological polar surface area (TPSA) is 51.4 Å². The van der Waals surface area contributed by atoms with Gasteiger partial charge in [0.05, 0.1) is 24.2 Å². The predicted octanol–water partition coefficient (Wildman–Crippen LogP) is 1.13. The Bertz CT molecular complexity index is 274. The Morgan fingerprint density at radius 2 is 2.27 bits per heavy atom. The minimum absolute atomic E-state index is 0.707. The average molecular weight is 209 g/mol. The highest BCUT2D eigenvalue weighted by atomic mass is 16.5. The van der Waals surface area contributed by atoms with E-state index in [1.54, 1.807) is 13.3 Å². The minimum Gasteiger partial charge on any atom is -0.397 e. The number of likely N-dealkylation sites (N-methyl/N-ethyl adjacent to an activating group) is 1. The summed E-state index contributed by atoms with van der Waals surface area (Å²) in [6, 6.07) is 3.84. The minimum atomic E-state index is 0.707. The number of nitrogens with zero attached hydrogens (tertiary/aromatic N) is 2. The molecule has 0 radical (unpaired) electrons. The van der Waals surface area contributed by atoms with Crippen LogP contribution in [0.4, 0.5) is 5.69 Å². The first-order chi connectivity index (χ1) is 7.26. The van der Waals surface area contributed by atoms with E-state index in [1.807, 2.05) is 12.1 Å². The predicted molar refractivity (Wildman–Crippen MR) is 61.5 cm³/mol. The molecule has 0 aromatic carbocycles. The number of nitrogen functional groups attached to an aromatic ring is 1. The summed E-state index contributed by atoms with van der Waals surface area (Å²) in [6.45, 7) is 5.66. The van der Waals surface area contributed by atoms with Gasteiger partial charge in [0.1, 0.15) is 0 Å². The number of aromatic nitrogens is 1. The lowest BCUT2D eigenvalue weighted by atomic mass is 10.3. The van der Waals surface area contributed by atoms with Crippen molar-refractivity contribution in [3.8, 4) is 0 Å². The summed E-state index contributed by atoms with van der Waals surface area (Å²) in [4.78, 5) is 6.55. The number of hydrogen-bond donors (Lipinski definition) is 1. The average Bonchev–Trinajstić information content (AvgIpc) is 2.27. The molecular formula is C11H19N3O. The van der Waals surface area contributed by atoms with Crippen molar-refractivity contribution in [2.24, 2.45) is 0 Å². The van der Waals surface area contributed by atoms with Crippen LogP contribution in [0.1, 0.15) is 12.6 Å². The van der Waals surface area contributed by atoms with Crippen LogP contribution < -0.4 is 5.73 Å². The van der Waals surface area contributed by atoms with E-state index < -0.39 is 0 Å². The monoisotopic (exact) mass is 209 g/mol. The molecule has 4 heteroatoms. The number of nitrogens with two attached hydrogens (primary N) is 1. The number of pyridine rings is 1. The van der Waals surface area contributed by atoms with Crippen LogP contribution in [-0.4, -0.2) is 36.7 Å². The second-order valence-electron chi connectivity index (χ2n) is 3.44. The van der Waals surface area contributed by atoms with E-state index in [0.717, 1.165) is 31.9 Å². The molecule has 84 valence electrons. The molecule has 2 N–H and O–H groups in total. The normalized spacial score (nSPS) is 10.9. The van der Waals surface area contributed by atoms with Gasteiger partial charge in [-0.25, -0.2) is 0 Å². The van der Waals surface area contributed by atoms with Gasteiger partial charge >= 0.3 is 0 Å². The third-order valence-electron chi connectivity index (χ3n) is 2.29. The van der Waals surface area contributed by atoms with Gasteiger partial charge in [0.2, 0.25) is 0 Å². The van der Waals surface area contributed by atoms with E-state index in [4.69, 9.17) is 10.5 Å². The molecule has 0 aliphatic carbocycles. The Morgan fingerprint density at radius 1 is 1.47 bits per heavy atom. The fourth-order valence-corrected chi connectivity index (χ4v) is 1.33. The molecule has 1 heterocycles. The van der Waals surface area contributed by atoms with Crippen molar-refractivity contribution in [3.05, 3.63) is 24.0 Å². The lowest BCUT2D eigenvalue weighted by Crippen LogP contribution is -2.27. The Hall–Kier alpha value is -1.13. The van der Waals surface area contributed by atoms with Gasteiger partial charge in [0.25, 0.3) is 0 Å². The smallest absolute Gasteiger partial charge is 0.0589 e. The van der Waals surface area contributed by atoms with Gasteiger partial charge in [-0.3, -0.25) is 9.88 Å². The van der Waals surface area contributed by atoms with Gasteiger partial charge in [-0.2, -0.15) is 0 Å². The summed E-state index contributed by atoms with van der Waals surface area (Å²) in [6.07, 6.45) is 1.69. The fraction of sp³-hybridized carbons (Fsp3) is 0.545. The number of anilines is 1. The van der Waals surface area contributed by atoms with Crippen LogP contribution >= 0.6 is 0 Å². The van der Waals surface area contributed by atoms with E-state index in [1.165, 1.54) is 0 Å². The second kappa shape index (κ2) is 6.37. The fourth-order valence-electron chi connectivity index (χ4n) is 1.33. The summed E-state index contributed by atoms with van der Waals surface area (Å²) < 4.78 is 5.05. The van der Waals surface area contributed by atoms with Crippen molar-refractivity contribution in [1.29, 1.82) is 0 Å². The molecule has 1 rings (SSSR count). The van der Waals surface area contributed by atoms with Gasteiger partial charge in [-0.15, -0.1) is 0 Å². The third-order valence-corrected chi connectivity index (χ3v) is 2.29. The van der Waals surface area contributed by atoms with Crippen LogP contribution in [-0.2, 0) is 11.3 Å². The molecule has 0 aliphatic rings. The molecule has 0 atom stereocenters. The lowest BCUT2D eigenvalue weighted by molar-refractivity contribution is 0.147. The van der Waals surface area contributed by atoms with Gasteiger partial charge < -0.3 is 10.5 Å². The van der Waals surface area contributed by atoms with E-state index in [0.29, 0.717) is 5.69 Å². The van der Waals surface area contributed by atoms with Crippen molar-refractivity contribution in [2.45, 2.75) is 13.5 Å². The molecule has 0 spiro atoms. The zero-order chi connectivity index (χ0) is 11.1. The molecule has 0 amide bonds. The van der Waals surface area contributed by atoms with E-state index in [2.05, 4.69) is 16.8 Å². The Balaban J connectivity index is 2.47. The van der Waals surface area contributed by atoms with Gasteiger partial charge in [0.15, 0.2) is 0 Å². The summed E-state index contributed by atoms with van der Waals surface area (Å²) in [5.41, 5.74) is 7.32. The molecule has 1 aromatic rings. The molecular weight excluding hydrogens is 190 g/mol. The standard InChI is InChI=1S/C11H19N3O/c1-3-14(6-7-15-2)9-11-5-4-10(12)8-13-11/h4-5,8H,3,6-7,9,12H2,1-2H3. The molecule has 1 aromatic heterocycles. The largest absolute Gasteiger partial charge is 0.397 e. The Labute approximate surface area is 91.1 Å². The van der Waals surface area contributed by atoms with Gasteiger partial charge in [-0.05, 0) is 18.7 Å². The molecule has 15 heavy (non-hydrogen) atoms. The number of rotatable bonds is 6. The first-order valence-corrected chi connectivity index (χ1v) is 5.18. The van der Waals surface area contributed by atoms with Crippen LogP contribution in [0.15, 0.2) is 18.3 Å². The maximum absolute atomic E-state index is 5.57. The van der Waals surface area contributed by atoms with E-state index in [9.17, 15) is 0 Å². The van der Waals surface area contributed by atoms with Crippen LogP contribution in [0, 0.1) is 0 Å². The summed E-state index contributed by atoms with van der Waals surface area (Å²) >= 11 is 0. The van der Waals surface area contributed by atoms with Crippen molar-refractivity contribution in [3.63, 3.8) is 0 Å². The van der Waals surface area contributed by atoms with Crippen LogP contribution in [0.25, 0.3) is 0 Å². The second-order valence-corrected chi connectivity index (χ2v) is 3.44. The number of hydrogen-bond acceptors (Lipinski definition) is 4. The molecule has 0 bridgehead atoms. The van der Waals surface area contributed by atoms with Crippen molar-refractivity contribution in [2.75, 3.05) is 32.5 Å². The summed E-state index contributed by atoms with van der Waals surface area (Å²) in [5, 5.41) is 0. The quantitative estimate of drug-likeness (QED) is 0.763. The zero-order valence-corrected chi connectivity index (χ0v) is 9.44. The molecule has 0 saturated carbocycles. The molecule has 4 nitrogen and oxygen atoms in total. The molecule has 0 aliphatic heterocycles. The van der Waals surface area contributed by atoms with Gasteiger partial charge in [0, 0.05) is 20.2 Å². The van der Waals surface area contributed by atoms with Crippen LogP contribution in [0.2, 0.25) is 0 Å². The Kier molecular flexibility index (Phi) is 5.07. The van der Waals surface area contributed by atoms with E-state index in [-0.39, 0.29) is 0 Å². The number of methoxy groups -OCH3 is 1. The molecule has 0 unspecified atom stereocenters. The van der Waals surface area contributed by atoms with Gasteiger partial charge in [-0.1, -0.05) is 6.92 Å². The highest BCUT2D eigenvalue weighted by molar-refractivity contribution is 5.34. The van der Waals surface area contributed by atoms with Crippen LogP contribution in [0.5, 0.6) is 0 Å². The Morgan fingerprint density at radius 3 is 2.80 bits per heavy atom. The van der Waals surface area contributed by atoms with Crippen LogP contribution in [0.3, 0.4) is 0 Å². The SMILES string of the molecule is CCN(CCOC)Cc1ccc(N)cn1. The first-order valence-electron chi connectivity index (χ1n) is 5.18. The maximum atomic E-state index is 5.57. The number of ether oxygens (including phenoxy) is 1. The third kappa shape index (κ3) is 4.27. The highest BCUT2D eigenvalue weighted by Gasteiger charge is 2.03. The zero-order valence-electron chi connectivity index (χ0n) is 9.44. The lowest BCUT2D eigenvalue weighted by Gasteiger charge is -2.19. The highest BCUT2D eigenvalue weighted by Crippen LogP contribution is 2.04. The first kappa shape index (κ1) is 11.9.